The van der Waals surface area contributed by atoms with Crippen molar-refractivity contribution >= 4 is 53.3 Å². The average molecular weight is 399 g/mol. The molecule has 1 amide bonds. The molecule has 1 atom stereocenters. The van der Waals surface area contributed by atoms with Crippen LogP contribution in [0.15, 0.2) is 23.1 Å². The number of carbonyl (C=O) groups excluding carboxylic acids is 1. The van der Waals surface area contributed by atoms with Crippen molar-refractivity contribution in [2.75, 3.05) is 39.3 Å². The van der Waals surface area contributed by atoms with Crippen LogP contribution in [0.4, 0.5) is 0 Å². The predicted octanol–water partition coefficient (Wildman–Crippen LogP) is 2.92. The number of hydrogen-bond acceptors (Lipinski definition) is 4. The molecule has 1 unspecified atom stereocenters. The lowest BCUT2D eigenvalue weighted by molar-refractivity contribution is -0.120. The van der Waals surface area contributed by atoms with Gasteiger partial charge in [-0.15, -0.1) is 24.2 Å². The van der Waals surface area contributed by atoms with Gasteiger partial charge in [0, 0.05) is 49.2 Å². The summed E-state index contributed by atoms with van der Waals surface area (Å²) in [4.78, 5) is 15.3. The molecule has 8 heteroatoms. The van der Waals surface area contributed by atoms with E-state index in [0.29, 0.717) is 16.6 Å². The third-order valence-electron chi connectivity index (χ3n) is 3.50. The second-order valence-electron chi connectivity index (χ2n) is 5.22. The molecule has 1 heterocycles. The lowest BCUT2D eigenvalue weighted by atomic mass is 10.3. The highest BCUT2D eigenvalue weighted by molar-refractivity contribution is 8.00. The summed E-state index contributed by atoms with van der Waals surface area (Å²) in [5.41, 5.74) is 0. The minimum atomic E-state index is -0.209. The van der Waals surface area contributed by atoms with Crippen molar-refractivity contribution in [2.45, 2.75) is 17.1 Å². The summed E-state index contributed by atoms with van der Waals surface area (Å²) in [7, 11) is 0. The Labute approximate surface area is 158 Å². The van der Waals surface area contributed by atoms with Crippen LogP contribution in [0.1, 0.15) is 6.92 Å². The fourth-order valence-corrected chi connectivity index (χ4v) is 3.66. The number of rotatable bonds is 6. The maximum absolute atomic E-state index is 12.1. The van der Waals surface area contributed by atoms with Crippen LogP contribution in [0.2, 0.25) is 10.0 Å². The minimum absolute atomic E-state index is 0. The van der Waals surface area contributed by atoms with Crippen LogP contribution in [-0.2, 0) is 4.79 Å². The van der Waals surface area contributed by atoms with Crippen molar-refractivity contribution in [3.63, 3.8) is 0 Å². The topological polar surface area (TPSA) is 44.4 Å². The molecule has 1 aromatic carbocycles. The van der Waals surface area contributed by atoms with Gasteiger partial charge in [0.2, 0.25) is 5.91 Å². The van der Waals surface area contributed by atoms with E-state index >= 15 is 0 Å². The number of benzene rings is 1. The molecule has 4 nitrogen and oxygen atoms in total. The Hall–Kier alpha value is -0.170. The highest BCUT2D eigenvalue weighted by Crippen LogP contribution is 2.32. The van der Waals surface area contributed by atoms with Crippen LogP contribution in [0.3, 0.4) is 0 Å². The van der Waals surface area contributed by atoms with Gasteiger partial charge in [-0.05, 0) is 25.1 Å². The molecule has 0 spiro atoms. The van der Waals surface area contributed by atoms with Gasteiger partial charge < -0.3 is 10.6 Å². The molecular formula is C15H22Cl3N3OS. The smallest absolute Gasteiger partial charge is 0.233 e. The molecule has 0 bridgehead atoms. The highest BCUT2D eigenvalue weighted by atomic mass is 35.5. The van der Waals surface area contributed by atoms with Crippen molar-refractivity contribution in [2.24, 2.45) is 0 Å². The quantitative estimate of drug-likeness (QED) is 0.723. The van der Waals surface area contributed by atoms with Crippen LogP contribution < -0.4 is 10.6 Å². The number of halogens is 3. The molecule has 2 N–H and O–H groups in total. The third kappa shape index (κ3) is 7.08. The van der Waals surface area contributed by atoms with Crippen LogP contribution in [0.5, 0.6) is 0 Å². The number of thioether (sulfide) groups is 1. The standard InChI is InChI=1S/C15H21Cl2N3OS.ClH/c1-11(22-14-10-12(16)2-3-13(14)17)15(21)19-6-9-20-7-4-18-5-8-20;/h2-3,10-11,18H,4-9H2,1H3,(H,19,21);1H. The normalized spacial score (nSPS) is 16.5. The van der Waals surface area contributed by atoms with E-state index in [9.17, 15) is 4.79 Å². The van der Waals surface area contributed by atoms with Crippen molar-refractivity contribution in [3.05, 3.63) is 28.2 Å². The number of piperazine rings is 1. The zero-order valence-corrected chi connectivity index (χ0v) is 16.1. The zero-order valence-electron chi connectivity index (χ0n) is 13.0. The second kappa shape index (κ2) is 10.6. The van der Waals surface area contributed by atoms with Gasteiger partial charge in [0.15, 0.2) is 0 Å². The number of nitrogens with one attached hydrogen (secondary N) is 2. The molecule has 0 aromatic heterocycles. The molecular weight excluding hydrogens is 377 g/mol. The molecule has 1 saturated heterocycles. The lowest BCUT2D eigenvalue weighted by Gasteiger charge is -2.27. The Morgan fingerprint density at radius 2 is 2.09 bits per heavy atom. The Morgan fingerprint density at radius 3 is 2.78 bits per heavy atom. The molecule has 2 rings (SSSR count). The lowest BCUT2D eigenvalue weighted by Crippen LogP contribution is -2.46. The van der Waals surface area contributed by atoms with Crippen molar-refractivity contribution in [3.8, 4) is 0 Å². The van der Waals surface area contributed by atoms with Gasteiger partial charge >= 0.3 is 0 Å². The first-order valence-corrected chi connectivity index (χ1v) is 9.02. The van der Waals surface area contributed by atoms with E-state index in [1.807, 2.05) is 6.92 Å². The Bertz CT molecular complexity index is 513. The first-order valence-electron chi connectivity index (χ1n) is 7.39. The largest absolute Gasteiger partial charge is 0.354 e. The van der Waals surface area contributed by atoms with Crippen LogP contribution in [-0.4, -0.2) is 55.3 Å². The van der Waals surface area contributed by atoms with E-state index in [1.54, 1.807) is 18.2 Å². The number of amides is 1. The summed E-state index contributed by atoms with van der Waals surface area (Å²) >= 11 is 13.5. The minimum Gasteiger partial charge on any atom is -0.354 e. The molecule has 130 valence electrons. The van der Waals surface area contributed by atoms with Gasteiger partial charge in [0.05, 0.1) is 10.3 Å². The van der Waals surface area contributed by atoms with Gasteiger partial charge in [0.1, 0.15) is 0 Å². The van der Waals surface area contributed by atoms with E-state index in [0.717, 1.165) is 37.6 Å². The molecule has 1 aliphatic heterocycles. The summed E-state index contributed by atoms with van der Waals surface area (Å²) in [6.07, 6.45) is 0. The van der Waals surface area contributed by atoms with E-state index in [2.05, 4.69) is 15.5 Å². The first-order chi connectivity index (χ1) is 10.6. The number of nitrogens with zero attached hydrogens (tertiary/aromatic N) is 1. The molecule has 1 aliphatic rings. The Morgan fingerprint density at radius 1 is 1.39 bits per heavy atom. The molecule has 0 aliphatic carbocycles. The van der Waals surface area contributed by atoms with Gasteiger partial charge in [-0.3, -0.25) is 9.69 Å². The summed E-state index contributed by atoms with van der Waals surface area (Å²) in [6.45, 7) is 7.56. The summed E-state index contributed by atoms with van der Waals surface area (Å²) in [6, 6.07) is 5.28. The second-order valence-corrected chi connectivity index (χ2v) is 7.44. The van der Waals surface area contributed by atoms with Crippen LogP contribution in [0, 0.1) is 0 Å². The van der Waals surface area contributed by atoms with Crippen LogP contribution in [0.25, 0.3) is 0 Å². The number of carbonyl (C=O) groups is 1. The van der Waals surface area contributed by atoms with Gasteiger partial charge in [-0.25, -0.2) is 0 Å². The van der Waals surface area contributed by atoms with Crippen molar-refractivity contribution in [1.29, 1.82) is 0 Å². The van der Waals surface area contributed by atoms with Crippen molar-refractivity contribution < 1.29 is 4.79 Å². The monoisotopic (exact) mass is 397 g/mol. The van der Waals surface area contributed by atoms with Crippen LogP contribution >= 0.6 is 47.4 Å². The number of hydrogen-bond donors (Lipinski definition) is 2. The Balaban J connectivity index is 0.00000264. The third-order valence-corrected chi connectivity index (χ3v) is 5.34. The summed E-state index contributed by atoms with van der Waals surface area (Å²) in [5, 5.41) is 7.33. The van der Waals surface area contributed by atoms with Gasteiger partial charge in [0.25, 0.3) is 0 Å². The molecule has 1 aromatic rings. The molecule has 1 fully saturated rings. The highest BCUT2D eigenvalue weighted by Gasteiger charge is 2.16. The summed E-state index contributed by atoms with van der Waals surface area (Å²) in [5.74, 6) is 0.0242. The van der Waals surface area contributed by atoms with E-state index in [1.165, 1.54) is 11.8 Å². The van der Waals surface area contributed by atoms with Gasteiger partial charge in [-0.2, -0.15) is 0 Å². The maximum atomic E-state index is 12.1. The van der Waals surface area contributed by atoms with E-state index < -0.39 is 0 Å². The predicted molar refractivity (Wildman–Crippen MR) is 101 cm³/mol. The maximum Gasteiger partial charge on any atom is 0.233 e. The van der Waals surface area contributed by atoms with Crippen molar-refractivity contribution in [1.82, 2.24) is 15.5 Å². The molecule has 23 heavy (non-hydrogen) atoms. The van der Waals surface area contributed by atoms with E-state index in [-0.39, 0.29) is 23.6 Å². The Kier molecular flexibility index (Phi) is 9.66. The summed E-state index contributed by atoms with van der Waals surface area (Å²) < 4.78 is 0. The molecule has 0 saturated carbocycles. The van der Waals surface area contributed by atoms with Gasteiger partial charge in [-0.1, -0.05) is 23.2 Å². The fourth-order valence-electron chi connectivity index (χ4n) is 2.23. The zero-order chi connectivity index (χ0) is 15.9. The molecule has 0 radical (unpaired) electrons. The first kappa shape index (κ1) is 20.9. The van der Waals surface area contributed by atoms with E-state index in [4.69, 9.17) is 23.2 Å². The fraction of sp³-hybridized carbons (Fsp3) is 0.533. The average Bonchev–Trinajstić information content (AvgIpc) is 2.52. The SMILES string of the molecule is CC(Sc1cc(Cl)ccc1Cl)C(=O)NCCN1CCNCC1.Cl.